The third kappa shape index (κ3) is 4.57. The molecule has 0 saturated carbocycles. The maximum atomic E-state index is 13.9. The van der Waals surface area contributed by atoms with E-state index < -0.39 is 0 Å². The Morgan fingerprint density at radius 1 is 1.08 bits per heavy atom. The molecule has 0 aliphatic heterocycles. The number of aromatic nitrogens is 2. The first-order valence-corrected chi connectivity index (χ1v) is 8.25. The van der Waals surface area contributed by atoms with Crippen LogP contribution in [-0.2, 0) is 0 Å². The number of nitrogens with zero attached hydrogens (tertiary/aromatic N) is 3. The lowest BCUT2D eigenvalue weighted by atomic mass is 10.1. The van der Waals surface area contributed by atoms with Crippen LogP contribution in [0.5, 0.6) is 0 Å². The molecule has 1 heterocycles. The summed E-state index contributed by atoms with van der Waals surface area (Å²) in [6.07, 6.45) is 1.46. The molecule has 0 aliphatic rings. The Morgan fingerprint density at radius 3 is 2.29 bits per heavy atom. The van der Waals surface area contributed by atoms with Crippen LogP contribution >= 0.6 is 0 Å². The van der Waals surface area contributed by atoms with Gasteiger partial charge in [-0.25, -0.2) is 14.4 Å². The van der Waals surface area contributed by atoms with Gasteiger partial charge in [0.1, 0.15) is 17.8 Å². The molecule has 1 aromatic heterocycles. The van der Waals surface area contributed by atoms with Crippen molar-refractivity contribution in [2.45, 2.75) is 27.7 Å². The fraction of sp³-hybridized carbons (Fsp3) is 0.444. The lowest BCUT2D eigenvalue weighted by Gasteiger charge is -2.28. The highest BCUT2D eigenvalue weighted by Gasteiger charge is 2.18. The van der Waals surface area contributed by atoms with Crippen molar-refractivity contribution in [2.75, 3.05) is 29.0 Å². The van der Waals surface area contributed by atoms with Crippen LogP contribution in [0.15, 0.2) is 30.6 Å². The van der Waals surface area contributed by atoms with Gasteiger partial charge in [-0.3, -0.25) is 0 Å². The molecule has 130 valence electrons. The number of halogens is 1. The molecule has 0 spiro atoms. The Hall–Kier alpha value is -2.37. The molecule has 0 radical (unpaired) electrons. The zero-order valence-electron chi connectivity index (χ0n) is 14.8. The number of hydrogen-bond donors (Lipinski definition) is 2. The summed E-state index contributed by atoms with van der Waals surface area (Å²) in [6, 6.07) is 6.44. The molecule has 0 amide bonds. The SMILES string of the molecule is CC(C)CN(CC(C)C)c1ncnc(Nc2ccccc2F)c1N. The van der Waals surface area contributed by atoms with Crippen LogP contribution in [0.2, 0.25) is 0 Å². The van der Waals surface area contributed by atoms with Crippen molar-refractivity contribution in [3.63, 3.8) is 0 Å². The van der Waals surface area contributed by atoms with Crippen LogP contribution in [0.3, 0.4) is 0 Å². The van der Waals surface area contributed by atoms with Gasteiger partial charge in [0.05, 0.1) is 5.69 Å². The number of nitrogen functional groups attached to an aromatic ring is 1. The fourth-order valence-corrected chi connectivity index (χ4v) is 2.56. The number of para-hydroxylation sites is 1. The average Bonchev–Trinajstić information content (AvgIpc) is 2.50. The van der Waals surface area contributed by atoms with Gasteiger partial charge < -0.3 is 16.0 Å². The van der Waals surface area contributed by atoms with Gasteiger partial charge in [0.15, 0.2) is 11.6 Å². The summed E-state index contributed by atoms with van der Waals surface area (Å²) in [5.74, 6) is 1.70. The van der Waals surface area contributed by atoms with E-state index in [2.05, 4.69) is 47.9 Å². The minimum atomic E-state index is -0.349. The van der Waals surface area contributed by atoms with E-state index in [-0.39, 0.29) is 5.82 Å². The third-order valence-corrected chi connectivity index (χ3v) is 3.46. The molecule has 3 N–H and O–H groups in total. The van der Waals surface area contributed by atoms with E-state index in [1.54, 1.807) is 18.2 Å². The molecule has 1 aromatic carbocycles. The molecular formula is C18H26FN5. The van der Waals surface area contributed by atoms with E-state index >= 15 is 0 Å². The summed E-state index contributed by atoms with van der Waals surface area (Å²) >= 11 is 0. The van der Waals surface area contributed by atoms with Gasteiger partial charge in [0.2, 0.25) is 0 Å². The Bertz CT molecular complexity index is 662. The summed E-state index contributed by atoms with van der Waals surface area (Å²) < 4.78 is 13.9. The predicted molar refractivity (Wildman–Crippen MR) is 98.0 cm³/mol. The highest BCUT2D eigenvalue weighted by molar-refractivity contribution is 5.78. The van der Waals surface area contributed by atoms with Crippen molar-refractivity contribution >= 4 is 23.0 Å². The monoisotopic (exact) mass is 331 g/mol. The highest BCUT2D eigenvalue weighted by Crippen LogP contribution is 2.30. The van der Waals surface area contributed by atoms with Crippen LogP contribution < -0.4 is 16.0 Å². The van der Waals surface area contributed by atoms with Crippen LogP contribution in [0.4, 0.5) is 27.4 Å². The predicted octanol–water partition coefficient (Wildman–Crippen LogP) is 4.06. The van der Waals surface area contributed by atoms with E-state index in [4.69, 9.17) is 5.73 Å². The second-order valence-electron chi connectivity index (χ2n) is 6.76. The topological polar surface area (TPSA) is 67.1 Å². The largest absolute Gasteiger partial charge is 0.393 e. The number of hydrogen-bond acceptors (Lipinski definition) is 5. The average molecular weight is 331 g/mol. The highest BCUT2D eigenvalue weighted by atomic mass is 19.1. The van der Waals surface area contributed by atoms with Crippen molar-refractivity contribution in [1.29, 1.82) is 0 Å². The van der Waals surface area contributed by atoms with Crippen molar-refractivity contribution < 1.29 is 4.39 Å². The van der Waals surface area contributed by atoms with Gasteiger partial charge in [-0.05, 0) is 24.0 Å². The molecule has 2 rings (SSSR count). The molecule has 0 bridgehead atoms. The van der Waals surface area contributed by atoms with Crippen molar-refractivity contribution in [3.05, 3.63) is 36.4 Å². The van der Waals surface area contributed by atoms with Crippen molar-refractivity contribution in [3.8, 4) is 0 Å². The first kappa shape index (κ1) is 18.0. The lowest BCUT2D eigenvalue weighted by molar-refractivity contribution is 0.549. The smallest absolute Gasteiger partial charge is 0.159 e. The quantitative estimate of drug-likeness (QED) is 0.801. The van der Waals surface area contributed by atoms with E-state index in [0.29, 0.717) is 34.8 Å². The summed E-state index contributed by atoms with van der Waals surface area (Å²) in [7, 11) is 0. The Labute approximate surface area is 143 Å². The summed E-state index contributed by atoms with van der Waals surface area (Å²) in [5, 5.41) is 2.96. The Morgan fingerprint density at radius 2 is 1.71 bits per heavy atom. The van der Waals surface area contributed by atoms with Gasteiger partial charge >= 0.3 is 0 Å². The maximum absolute atomic E-state index is 13.9. The molecule has 0 atom stereocenters. The molecular weight excluding hydrogens is 305 g/mol. The number of rotatable bonds is 7. The molecule has 5 nitrogen and oxygen atoms in total. The second-order valence-corrected chi connectivity index (χ2v) is 6.76. The second kappa shape index (κ2) is 7.95. The fourth-order valence-electron chi connectivity index (χ4n) is 2.56. The van der Waals surface area contributed by atoms with Gasteiger partial charge in [-0.1, -0.05) is 39.8 Å². The molecule has 2 aromatic rings. The summed E-state index contributed by atoms with van der Waals surface area (Å²) in [4.78, 5) is 10.7. The number of nitrogens with one attached hydrogen (secondary N) is 1. The zero-order valence-corrected chi connectivity index (χ0v) is 14.8. The molecule has 24 heavy (non-hydrogen) atoms. The molecule has 0 unspecified atom stereocenters. The number of benzene rings is 1. The van der Waals surface area contributed by atoms with E-state index in [1.165, 1.54) is 12.4 Å². The first-order chi connectivity index (χ1) is 11.4. The Balaban J connectivity index is 2.33. The zero-order chi connectivity index (χ0) is 17.7. The molecule has 6 heteroatoms. The summed E-state index contributed by atoms with van der Waals surface area (Å²) in [5.41, 5.74) is 7.06. The van der Waals surface area contributed by atoms with E-state index in [1.807, 2.05) is 0 Å². The van der Waals surface area contributed by atoms with Crippen LogP contribution in [0, 0.1) is 17.7 Å². The first-order valence-electron chi connectivity index (χ1n) is 8.25. The number of anilines is 4. The minimum absolute atomic E-state index is 0.341. The van der Waals surface area contributed by atoms with Crippen LogP contribution in [0.25, 0.3) is 0 Å². The number of nitrogens with two attached hydrogens (primary N) is 1. The maximum Gasteiger partial charge on any atom is 0.159 e. The van der Waals surface area contributed by atoms with Crippen molar-refractivity contribution in [2.24, 2.45) is 11.8 Å². The van der Waals surface area contributed by atoms with Crippen LogP contribution in [-0.4, -0.2) is 23.1 Å². The third-order valence-electron chi connectivity index (χ3n) is 3.46. The normalized spacial score (nSPS) is 11.1. The Kier molecular flexibility index (Phi) is 5.95. The molecule has 0 fully saturated rings. The van der Waals surface area contributed by atoms with Crippen molar-refractivity contribution in [1.82, 2.24) is 9.97 Å². The van der Waals surface area contributed by atoms with Gasteiger partial charge in [-0.2, -0.15) is 0 Å². The molecule has 0 saturated heterocycles. The minimum Gasteiger partial charge on any atom is -0.393 e. The standard InChI is InChI=1S/C18H26FN5/c1-12(2)9-24(10-13(3)4)18-16(20)17(21-11-22-18)23-15-8-6-5-7-14(15)19/h5-8,11-13H,9-10,20H2,1-4H3,(H,21,22,23). The lowest BCUT2D eigenvalue weighted by Crippen LogP contribution is -2.32. The van der Waals surface area contributed by atoms with Crippen LogP contribution in [0.1, 0.15) is 27.7 Å². The van der Waals surface area contributed by atoms with Gasteiger partial charge in [0.25, 0.3) is 0 Å². The van der Waals surface area contributed by atoms with E-state index in [9.17, 15) is 4.39 Å². The summed E-state index contributed by atoms with van der Waals surface area (Å²) in [6.45, 7) is 10.3. The van der Waals surface area contributed by atoms with E-state index in [0.717, 1.165) is 13.1 Å². The van der Waals surface area contributed by atoms with Gasteiger partial charge in [0, 0.05) is 13.1 Å². The van der Waals surface area contributed by atoms with Gasteiger partial charge in [-0.15, -0.1) is 0 Å². The molecule has 0 aliphatic carbocycles.